The summed E-state index contributed by atoms with van der Waals surface area (Å²) in [5.74, 6) is 0.866. The summed E-state index contributed by atoms with van der Waals surface area (Å²) in [6, 6.07) is 35.9. The Morgan fingerprint density at radius 1 is 0.763 bits per heavy atom. The molecule has 0 bridgehead atoms. The lowest BCUT2D eigenvalue weighted by Crippen LogP contribution is -2.54. The highest BCUT2D eigenvalue weighted by molar-refractivity contribution is 6.37. The SMILES string of the molecule is CC12CCCCC1(C)N(c1cc3ccccc3o1)c1c2ccc(N(c2ccccc2)c2ccccc2)c1Cl. The fraction of sp³-hybridized carbons (Fsp3) is 0.235. The van der Waals surface area contributed by atoms with Gasteiger partial charge in [0.05, 0.1) is 21.9 Å². The number of rotatable bonds is 4. The molecule has 7 rings (SSSR count). The number of anilines is 5. The van der Waals surface area contributed by atoms with Crippen molar-refractivity contribution in [2.24, 2.45) is 0 Å². The van der Waals surface area contributed by atoms with Gasteiger partial charge in [-0.05, 0) is 61.7 Å². The fourth-order valence-electron chi connectivity index (χ4n) is 6.93. The van der Waals surface area contributed by atoms with Gasteiger partial charge < -0.3 is 14.2 Å². The van der Waals surface area contributed by atoms with Gasteiger partial charge in [-0.15, -0.1) is 0 Å². The van der Waals surface area contributed by atoms with Gasteiger partial charge in [0.25, 0.3) is 0 Å². The second kappa shape index (κ2) is 8.68. The molecule has 0 N–H and O–H groups in total. The Labute approximate surface area is 229 Å². The van der Waals surface area contributed by atoms with E-state index in [-0.39, 0.29) is 11.0 Å². The number of para-hydroxylation sites is 3. The molecule has 190 valence electrons. The summed E-state index contributed by atoms with van der Waals surface area (Å²) < 4.78 is 6.55. The van der Waals surface area contributed by atoms with E-state index in [0.717, 1.165) is 57.5 Å². The summed E-state index contributed by atoms with van der Waals surface area (Å²) in [5, 5.41) is 1.87. The molecule has 0 spiro atoms. The molecule has 0 amide bonds. The molecule has 1 fully saturated rings. The maximum Gasteiger partial charge on any atom is 0.201 e. The summed E-state index contributed by atoms with van der Waals surface area (Å²) in [4.78, 5) is 4.69. The van der Waals surface area contributed by atoms with Gasteiger partial charge in [-0.25, -0.2) is 0 Å². The monoisotopic (exact) mass is 518 g/mol. The number of nitrogens with zero attached hydrogens (tertiary/aromatic N) is 2. The Kier molecular flexibility index (Phi) is 5.35. The highest BCUT2D eigenvalue weighted by atomic mass is 35.5. The van der Waals surface area contributed by atoms with Crippen molar-refractivity contribution < 1.29 is 4.42 Å². The molecule has 1 aromatic heterocycles. The third-order valence-corrected chi connectivity index (χ3v) is 9.46. The molecule has 2 atom stereocenters. The maximum absolute atomic E-state index is 7.56. The Hall–Kier alpha value is -3.69. The number of benzene rings is 4. The van der Waals surface area contributed by atoms with E-state index in [9.17, 15) is 0 Å². The van der Waals surface area contributed by atoms with Gasteiger partial charge in [-0.1, -0.05) is 92.0 Å². The van der Waals surface area contributed by atoms with Crippen LogP contribution < -0.4 is 9.80 Å². The number of halogens is 1. The van der Waals surface area contributed by atoms with Crippen molar-refractivity contribution in [1.82, 2.24) is 0 Å². The molecule has 4 heteroatoms. The minimum absolute atomic E-state index is 0.0357. The third-order valence-electron chi connectivity index (χ3n) is 9.09. The molecule has 4 aromatic carbocycles. The van der Waals surface area contributed by atoms with Crippen molar-refractivity contribution in [3.63, 3.8) is 0 Å². The molecule has 1 saturated carbocycles. The Bertz CT molecular complexity index is 1560. The Morgan fingerprint density at radius 3 is 2.08 bits per heavy atom. The van der Waals surface area contributed by atoms with Crippen LogP contribution in [0.5, 0.6) is 0 Å². The van der Waals surface area contributed by atoms with Crippen LogP contribution in [0.25, 0.3) is 11.0 Å². The standard InChI is InChI=1S/C34H31ClN2O/c1-33-21-11-12-22-34(33,2)37(30-23-24-13-9-10-18-29(24)38-30)32-27(33)19-20-28(31(32)35)36(25-14-5-3-6-15-25)26-16-7-4-8-17-26/h3-10,13-20,23H,11-12,21-22H2,1-2H3. The van der Waals surface area contributed by atoms with Gasteiger partial charge in [0.15, 0.2) is 0 Å². The van der Waals surface area contributed by atoms with Gasteiger partial charge in [0, 0.05) is 28.2 Å². The molecular weight excluding hydrogens is 488 g/mol. The Balaban J connectivity index is 1.49. The predicted molar refractivity (Wildman–Crippen MR) is 159 cm³/mol. The second-order valence-electron chi connectivity index (χ2n) is 11.1. The summed E-state index contributed by atoms with van der Waals surface area (Å²) >= 11 is 7.56. The van der Waals surface area contributed by atoms with Gasteiger partial charge in [-0.3, -0.25) is 0 Å². The first-order valence-corrected chi connectivity index (χ1v) is 13.9. The quantitative estimate of drug-likeness (QED) is 0.236. The van der Waals surface area contributed by atoms with E-state index >= 15 is 0 Å². The molecule has 5 aromatic rings. The third kappa shape index (κ3) is 3.28. The fourth-order valence-corrected chi connectivity index (χ4v) is 7.26. The molecule has 1 aliphatic carbocycles. The van der Waals surface area contributed by atoms with E-state index in [0.29, 0.717) is 0 Å². The number of hydrogen-bond acceptors (Lipinski definition) is 3. The minimum atomic E-state index is -0.145. The molecular formula is C34H31ClN2O. The van der Waals surface area contributed by atoms with Crippen molar-refractivity contribution in [2.45, 2.75) is 50.5 Å². The first kappa shape index (κ1) is 23.4. The highest BCUT2D eigenvalue weighted by Gasteiger charge is 2.59. The smallest absolute Gasteiger partial charge is 0.201 e. The molecule has 2 unspecified atom stereocenters. The van der Waals surface area contributed by atoms with Crippen LogP contribution in [0.2, 0.25) is 5.02 Å². The van der Waals surface area contributed by atoms with E-state index in [1.807, 2.05) is 24.3 Å². The van der Waals surface area contributed by atoms with Crippen molar-refractivity contribution in [1.29, 1.82) is 0 Å². The number of hydrogen-bond donors (Lipinski definition) is 0. The van der Waals surface area contributed by atoms with Gasteiger partial charge in [-0.2, -0.15) is 0 Å². The van der Waals surface area contributed by atoms with Crippen LogP contribution in [0.1, 0.15) is 45.1 Å². The predicted octanol–water partition coefficient (Wildman–Crippen LogP) is 10.3. The maximum atomic E-state index is 7.56. The molecule has 0 radical (unpaired) electrons. The van der Waals surface area contributed by atoms with Crippen LogP contribution in [0, 0.1) is 0 Å². The normalized spacial score (nSPS) is 22.3. The van der Waals surface area contributed by atoms with E-state index in [4.69, 9.17) is 16.0 Å². The average molecular weight is 519 g/mol. The summed E-state index contributed by atoms with van der Waals surface area (Å²) in [7, 11) is 0. The summed E-state index contributed by atoms with van der Waals surface area (Å²) in [5.41, 5.74) is 6.23. The largest absolute Gasteiger partial charge is 0.440 e. The lowest BCUT2D eigenvalue weighted by atomic mass is 9.61. The van der Waals surface area contributed by atoms with Gasteiger partial charge in [0.2, 0.25) is 5.88 Å². The zero-order chi connectivity index (χ0) is 25.9. The second-order valence-corrected chi connectivity index (χ2v) is 11.5. The van der Waals surface area contributed by atoms with Gasteiger partial charge >= 0.3 is 0 Å². The highest BCUT2D eigenvalue weighted by Crippen LogP contribution is 2.64. The lowest BCUT2D eigenvalue weighted by molar-refractivity contribution is 0.191. The van der Waals surface area contributed by atoms with Crippen LogP contribution in [-0.4, -0.2) is 5.54 Å². The average Bonchev–Trinajstić information content (AvgIpc) is 3.46. The van der Waals surface area contributed by atoms with E-state index in [1.54, 1.807) is 0 Å². The molecule has 2 heterocycles. The molecule has 38 heavy (non-hydrogen) atoms. The van der Waals surface area contributed by atoms with Crippen LogP contribution in [0.3, 0.4) is 0 Å². The molecule has 0 saturated heterocycles. The molecule has 2 aliphatic rings. The van der Waals surface area contributed by atoms with E-state index in [1.165, 1.54) is 18.4 Å². The van der Waals surface area contributed by atoms with Crippen molar-refractivity contribution in [2.75, 3.05) is 9.80 Å². The van der Waals surface area contributed by atoms with Crippen molar-refractivity contribution in [3.8, 4) is 0 Å². The van der Waals surface area contributed by atoms with E-state index < -0.39 is 0 Å². The summed E-state index contributed by atoms with van der Waals surface area (Å²) in [6.07, 6.45) is 4.63. The molecule has 3 nitrogen and oxygen atoms in total. The minimum Gasteiger partial charge on any atom is -0.440 e. The first-order chi connectivity index (χ1) is 18.5. The molecule has 1 aliphatic heterocycles. The topological polar surface area (TPSA) is 19.6 Å². The zero-order valence-electron chi connectivity index (χ0n) is 21.8. The van der Waals surface area contributed by atoms with Crippen LogP contribution in [0.4, 0.5) is 28.6 Å². The van der Waals surface area contributed by atoms with E-state index in [2.05, 4.69) is 103 Å². The van der Waals surface area contributed by atoms with Crippen molar-refractivity contribution in [3.05, 3.63) is 114 Å². The van der Waals surface area contributed by atoms with Crippen LogP contribution >= 0.6 is 11.6 Å². The Morgan fingerprint density at radius 2 is 1.39 bits per heavy atom. The van der Waals surface area contributed by atoms with Crippen LogP contribution in [-0.2, 0) is 5.41 Å². The lowest BCUT2D eigenvalue weighted by Gasteiger charge is -2.49. The summed E-state index contributed by atoms with van der Waals surface area (Å²) in [6.45, 7) is 4.83. The van der Waals surface area contributed by atoms with Crippen molar-refractivity contribution >= 4 is 51.2 Å². The number of furan rings is 1. The number of fused-ring (bicyclic) bond motifs is 4. The first-order valence-electron chi connectivity index (χ1n) is 13.5. The van der Waals surface area contributed by atoms with Gasteiger partial charge in [0.1, 0.15) is 5.58 Å². The zero-order valence-corrected chi connectivity index (χ0v) is 22.6. The van der Waals surface area contributed by atoms with Crippen LogP contribution in [0.15, 0.2) is 108 Å².